The van der Waals surface area contributed by atoms with E-state index >= 15 is 0 Å². The SMILES string of the molecule is Cc1ccc(C)c(C2=C(C#N)C(=N)C(C#N)C3=CCN(C)C[C@@H]32)c1. The predicted molar refractivity (Wildman–Crippen MR) is 94.3 cm³/mol. The van der Waals surface area contributed by atoms with Crippen molar-refractivity contribution in [2.45, 2.75) is 13.8 Å². The van der Waals surface area contributed by atoms with Gasteiger partial charge in [-0.1, -0.05) is 29.8 Å². The monoisotopic (exact) mass is 316 g/mol. The number of nitrogens with zero attached hydrogens (tertiary/aromatic N) is 3. The summed E-state index contributed by atoms with van der Waals surface area (Å²) in [6, 6.07) is 10.7. The Bertz CT molecular complexity index is 861. The molecule has 2 aliphatic rings. The Morgan fingerprint density at radius 2 is 2.00 bits per heavy atom. The van der Waals surface area contributed by atoms with Crippen LogP contribution in [0.4, 0.5) is 0 Å². The molecule has 1 aromatic rings. The molecule has 24 heavy (non-hydrogen) atoms. The van der Waals surface area contributed by atoms with Crippen LogP contribution in [-0.2, 0) is 0 Å². The lowest BCUT2D eigenvalue weighted by atomic mass is 9.68. The van der Waals surface area contributed by atoms with Crippen molar-refractivity contribution in [2.24, 2.45) is 11.8 Å². The summed E-state index contributed by atoms with van der Waals surface area (Å²) < 4.78 is 0. The second-order valence-electron chi connectivity index (χ2n) is 6.67. The van der Waals surface area contributed by atoms with E-state index in [2.05, 4.69) is 41.3 Å². The predicted octanol–water partition coefficient (Wildman–Crippen LogP) is 3.24. The van der Waals surface area contributed by atoms with Gasteiger partial charge < -0.3 is 10.3 Å². The summed E-state index contributed by atoms with van der Waals surface area (Å²) in [6.07, 6.45) is 2.07. The van der Waals surface area contributed by atoms with Gasteiger partial charge in [0, 0.05) is 19.0 Å². The van der Waals surface area contributed by atoms with Gasteiger partial charge in [0.2, 0.25) is 0 Å². The number of hydrogen-bond donors (Lipinski definition) is 1. The van der Waals surface area contributed by atoms with Gasteiger partial charge in [-0.3, -0.25) is 0 Å². The summed E-state index contributed by atoms with van der Waals surface area (Å²) in [6.45, 7) is 5.61. The van der Waals surface area contributed by atoms with E-state index in [4.69, 9.17) is 5.41 Å². The molecule has 1 aliphatic heterocycles. The minimum absolute atomic E-state index is 0.00218. The summed E-state index contributed by atoms with van der Waals surface area (Å²) in [7, 11) is 2.04. The number of rotatable bonds is 1. The fraction of sp³-hybridized carbons (Fsp3) is 0.350. The fourth-order valence-electron chi connectivity index (χ4n) is 3.71. The van der Waals surface area contributed by atoms with Crippen LogP contribution in [0.25, 0.3) is 5.57 Å². The molecule has 0 saturated carbocycles. The Kier molecular flexibility index (Phi) is 4.09. The van der Waals surface area contributed by atoms with E-state index < -0.39 is 5.92 Å². The summed E-state index contributed by atoms with van der Waals surface area (Å²) in [5, 5.41) is 27.7. The Balaban J connectivity index is 2.31. The summed E-state index contributed by atoms with van der Waals surface area (Å²) in [4.78, 5) is 2.19. The van der Waals surface area contributed by atoms with Crippen LogP contribution in [0.15, 0.2) is 35.4 Å². The highest BCUT2D eigenvalue weighted by Crippen LogP contribution is 2.44. The Morgan fingerprint density at radius 1 is 1.25 bits per heavy atom. The van der Waals surface area contributed by atoms with Crippen LogP contribution in [0, 0.1) is 53.8 Å². The summed E-state index contributed by atoms with van der Waals surface area (Å²) in [5.41, 5.74) is 5.65. The van der Waals surface area contributed by atoms with E-state index in [1.165, 1.54) is 0 Å². The molecule has 0 radical (unpaired) electrons. The van der Waals surface area contributed by atoms with Gasteiger partial charge in [0.05, 0.1) is 17.4 Å². The van der Waals surface area contributed by atoms with Crippen molar-refractivity contribution in [1.82, 2.24) is 4.90 Å². The molecule has 1 aliphatic carbocycles. The van der Waals surface area contributed by atoms with Gasteiger partial charge in [0.15, 0.2) is 0 Å². The molecule has 2 atom stereocenters. The molecule has 1 aromatic carbocycles. The molecule has 4 heteroatoms. The summed E-state index contributed by atoms with van der Waals surface area (Å²) in [5.74, 6) is -0.607. The highest BCUT2D eigenvalue weighted by Gasteiger charge is 2.40. The molecular formula is C20H20N4. The molecule has 1 unspecified atom stereocenters. The minimum atomic E-state index is -0.604. The van der Waals surface area contributed by atoms with Crippen molar-refractivity contribution in [3.8, 4) is 12.1 Å². The third-order valence-corrected chi connectivity index (χ3v) is 4.97. The molecule has 0 aromatic heterocycles. The molecule has 0 fully saturated rings. The molecule has 4 nitrogen and oxygen atoms in total. The average molecular weight is 316 g/mol. The number of allylic oxidation sites excluding steroid dienone is 1. The van der Waals surface area contributed by atoms with E-state index in [0.29, 0.717) is 5.57 Å². The van der Waals surface area contributed by atoms with E-state index in [1.54, 1.807) is 0 Å². The van der Waals surface area contributed by atoms with Gasteiger partial charge >= 0.3 is 0 Å². The lowest BCUT2D eigenvalue weighted by Crippen LogP contribution is -2.39. The number of fused-ring (bicyclic) bond motifs is 1. The Morgan fingerprint density at radius 3 is 2.67 bits per heavy atom. The first-order chi connectivity index (χ1) is 11.5. The highest BCUT2D eigenvalue weighted by molar-refractivity contribution is 6.14. The molecule has 120 valence electrons. The van der Waals surface area contributed by atoms with E-state index in [9.17, 15) is 10.5 Å². The quantitative estimate of drug-likeness (QED) is 0.808. The smallest absolute Gasteiger partial charge is 0.111 e. The average Bonchev–Trinajstić information content (AvgIpc) is 2.56. The van der Waals surface area contributed by atoms with Gasteiger partial charge in [0.1, 0.15) is 12.0 Å². The third-order valence-electron chi connectivity index (χ3n) is 4.97. The van der Waals surface area contributed by atoms with Crippen LogP contribution >= 0.6 is 0 Å². The molecular weight excluding hydrogens is 296 g/mol. The fourth-order valence-corrected chi connectivity index (χ4v) is 3.71. The third kappa shape index (κ3) is 2.46. The maximum atomic E-state index is 9.73. The van der Waals surface area contributed by atoms with Crippen molar-refractivity contribution in [2.75, 3.05) is 20.1 Å². The lowest BCUT2D eigenvalue weighted by Gasteiger charge is -2.38. The van der Waals surface area contributed by atoms with Gasteiger partial charge in [-0.2, -0.15) is 10.5 Å². The lowest BCUT2D eigenvalue weighted by molar-refractivity contribution is 0.325. The molecule has 0 amide bonds. The van der Waals surface area contributed by atoms with Crippen LogP contribution in [0.3, 0.4) is 0 Å². The van der Waals surface area contributed by atoms with Crippen molar-refractivity contribution >= 4 is 11.3 Å². The molecule has 0 saturated heterocycles. The number of aryl methyl sites for hydroxylation is 2. The van der Waals surface area contributed by atoms with Crippen LogP contribution in [0.2, 0.25) is 0 Å². The Labute approximate surface area is 142 Å². The van der Waals surface area contributed by atoms with E-state index in [-0.39, 0.29) is 11.6 Å². The number of nitriles is 2. The zero-order chi connectivity index (χ0) is 17.4. The van der Waals surface area contributed by atoms with Crippen LogP contribution < -0.4 is 0 Å². The second kappa shape index (κ2) is 6.07. The first-order valence-electron chi connectivity index (χ1n) is 8.06. The van der Waals surface area contributed by atoms with E-state index in [1.807, 2.05) is 20.9 Å². The molecule has 1 heterocycles. The first-order valence-corrected chi connectivity index (χ1v) is 8.06. The number of nitrogens with one attached hydrogen (secondary N) is 1. The van der Waals surface area contributed by atoms with Gasteiger partial charge in [0.25, 0.3) is 0 Å². The van der Waals surface area contributed by atoms with E-state index in [0.717, 1.165) is 40.9 Å². The van der Waals surface area contributed by atoms with Crippen molar-refractivity contribution < 1.29 is 0 Å². The van der Waals surface area contributed by atoms with Crippen molar-refractivity contribution in [1.29, 1.82) is 15.9 Å². The zero-order valence-electron chi connectivity index (χ0n) is 14.2. The maximum Gasteiger partial charge on any atom is 0.111 e. The van der Waals surface area contributed by atoms with Crippen LogP contribution in [0.5, 0.6) is 0 Å². The maximum absolute atomic E-state index is 9.73. The van der Waals surface area contributed by atoms with Crippen LogP contribution in [0.1, 0.15) is 16.7 Å². The van der Waals surface area contributed by atoms with Crippen molar-refractivity contribution in [3.05, 3.63) is 52.1 Å². The molecule has 3 rings (SSSR count). The van der Waals surface area contributed by atoms with Gasteiger partial charge in [-0.25, -0.2) is 0 Å². The van der Waals surface area contributed by atoms with Gasteiger partial charge in [-0.05, 0) is 43.2 Å². The van der Waals surface area contributed by atoms with Crippen LogP contribution in [-0.4, -0.2) is 30.7 Å². The normalized spacial score (nSPS) is 24.0. The number of benzene rings is 1. The zero-order valence-corrected chi connectivity index (χ0v) is 14.2. The molecule has 0 spiro atoms. The second-order valence-corrected chi connectivity index (χ2v) is 6.67. The van der Waals surface area contributed by atoms with Crippen molar-refractivity contribution in [3.63, 3.8) is 0 Å². The molecule has 0 bridgehead atoms. The summed E-state index contributed by atoms with van der Waals surface area (Å²) >= 11 is 0. The molecule has 1 N–H and O–H groups in total. The largest absolute Gasteiger partial charge is 0.302 e. The Hall–Kier alpha value is -2.69. The highest BCUT2D eigenvalue weighted by atomic mass is 15.1. The first kappa shape index (κ1) is 16.2. The van der Waals surface area contributed by atoms with Gasteiger partial charge in [-0.15, -0.1) is 0 Å². The standard InChI is InChI=1S/C20H20N4/c1-12-4-5-13(2)15(8-12)19-17(10-22)20(23)16(9-21)14-6-7-24(3)11-18(14)19/h4-6,8,16,18,23H,7,11H2,1-3H3/t16?,18-/m0/s1. The topological polar surface area (TPSA) is 74.7 Å². The minimum Gasteiger partial charge on any atom is -0.302 e. The number of hydrogen-bond acceptors (Lipinski definition) is 4. The number of likely N-dealkylation sites (N-methyl/N-ethyl adjacent to an activating group) is 1.